The van der Waals surface area contributed by atoms with Crippen molar-refractivity contribution in [3.63, 3.8) is 0 Å². The minimum absolute atomic E-state index is 0.164. The van der Waals surface area contributed by atoms with Crippen LogP contribution in [0, 0.1) is 5.92 Å². The highest BCUT2D eigenvalue weighted by Crippen LogP contribution is 2.25. The molecule has 2 amide bonds. The van der Waals surface area contributed by atoms with E-state index in [2.05, 4.69) is 10.6 Å². The maximum atomic E-state index is 12.0. The number of fused-ring (bicyclic) bond motifs is 1. The highest BCUT2D eigenvalue weighted by atomic mass is 16.2. The molecule has 2 N–H and O–H groups in total. The van der Waals surface area contributed by atoms with Gasteiger partial charge in [0, 0.05) is 31.6 Å². The zero-order valence-corrected chi connectivity index (χ0v) is 11.2. The molecular weight excluding hydrogens is 230 g/mol. The molecule has 2 saturated heterocycles. The van der Waals surface area contributed by atoms with Crippen molar-refractivity contribution in [3.8, 4) is 0 Å². The van der Waals surface area contributed by atoms with Crippen LogP contribution < -0.4 is 10.6 Å². The van der Waals surface area contributed by atoms with Crippen molar-refractivity contribution in [2.75, 3.05) is 19.6 Å². The maximum Gasteiger partial charge on any atom is 0.236 e. The molecule has 0 aromatic heterocycles. The summed E-state index contributed by atoms with van der Waals surface area (Å²) in [6.07, 6.45) is 2.41. The summed E-state index contributed by atoms with van der Waals surface area (Å²) in [7, 11) is 0. The van der Waals surface area contributed by atoms with E-state index in [9.17, 15) is 9.59 Å². The van der Waals surface area contributed by atoms with Crippen LogP contribution in [0.4, 0.5) is 0 Å². The summed E-state index contributed by atoms with van der Waals surface area (Å²) in [6, 6.07) is 0.619. The minimum atomic E-state index is 0.164. The van der Waals surface area contributed by atoms with E-state index in [4.69, 9.17) is 0 Å². The Morgan fingerprint density at radius 2 is 2.28 bits per heavy atom. The Balaban J connectivity index is 1.83. The van der Waals surface area contributed by atoms with Gasteiger partial charge in [0.1, 0.15) is 0 Å². The summed E-state index contributed by atoms with van der Waals surface area (Å²) in [5.41, 5.74) is 0. The molecule has 0 aromatic rings. The first-order valence-corrected chi connectivity index (χ1v) is 6.87. The molecule has 18 heavy (non-hydrogen) atoms. The van der Waals surface area contributed by atoms with Gasteiger partial charge in [-0.3, -0.25) is 9.59 Å². The van der Waals surface area contributed by atoms with Crippen molar-refractivity contribution in [1.82, 2.24) is 15.5 Å². The van der Waals surface area contributed by atoms with Gasteiger partial charge in [-0.05, 0) is 18.8 Å². The average Bonchev–Trinajstić information content (AvgIpc) is 2.35. The molecule has 0 aliphatic carbocycles. The third-order valence-corrected chi connectivity index (χ3v) is 3.84. The largest absolute Gasteiger partial charge is 0.353 e. The number of hydrogen-bond acceptors (Lipinski definition) is 3. The van der Waals surface area contributed by atoms with E-state index in [1.54, 1.807) is 0 Å². The Morgan fingerprint density at radius 1 is 1.50 bits per heavy atom. The van der Waals surface area contributed by atoms with Gasteiger partial charge in [0.25, 0.3) is 0 Å². The zero-order valence-electron chi connectivity index (χ0n) is 11.2. The third kappa shape index (κ3) is 3.22. The Bertz CT molecular complexity index is 330. The van der Waals surface area contributed by atoms with Crippen molar-refractivity contribution >= 4 is 11.8 Å². The van der Waals surface area contributed by atoms with Crippen molar-refractivity contribution in [2.24, 2.45) is 5.92 Å². The average molecular weight is 253 g/mol. The molecule has 0 aromatic carbocycles. The minimum Gasteiger partial charge on any atom is -0.353 e. The molecule has 0 saturated carbocycles. The van der Waals surface area contributed by atoms with E-state index in [0.717, 1.165) is 25.9 Å². The molecule has 2 heterocycles. The molecule has 2 unspecified atom stereocenters. The highest BCUT2D eigenvalue weighted by molar-refractivity contribution is 5.79. The normalized spacial score (nSPS) is 27.9. The monoisotopic (exact) mass is 253 g/mol. The molecule has 2 rings (SSSR count). The van der Waals surface area contributed by atoms with Gasteiger partial charge in [-0.25, -0.2) is 0 Å². The SMILES string of the molecule is CC(C)NCC(=O)N1CCC2NC(=O)CCC2C1. The van der Waals surface area contributed by atoms with Crippen molar-refractivity contribution in [3.05, 3.63) is 0 Å². The summed E-state index contributed by atoms with van der Waals surface area (Å²) in [5.74, 6) is 0.788. The highest BCUT2D eigenvalue weighted by Gasteiger charge is 2.34. The van der Waals surface area contributed by atoms with E-state index >= 15 is 0 Å². The Kier molecular flexibility index (Phi) is 4.22. The number of likely N-dealkylation sites (tertiary alicyclic amines) is 1. The van der Waals surface area contributed by atoms with E-state index in [-0.39, 0.29) is 17.9 Å². The molecule has 2 fully saturated rings. The van der Waals surface area contributed by atoms with Crippen molar-refractivity contribution < 1.29 is 9.59 Å². The van der Waals surface area contributed by atoms with E-state index < -0.39 is 0 Å². The van der Waals surface area contributed by atoms with E-state index in [1.165, 1.54) is 0 Å². The second-order valence-electron chi connectivity index (χ2n) is 5.64. The topological polar surface area (TPSA) is 61.4 Å². The molecule has 0 radical (unpaired) electrons. The van der Waals surface area contributed by atoms with Crippen LogP contribution in [-0.4, -0.2) is 48.4 Å². The van der Waals surface area contributed by atoms with Gasteiger partial charge < -0.3 is 15.5 Å². The number of rotatable bonds is 3. The molecule has 2 aliphatic rings. The van der Waals surface area contributed by atoms with Gasteiger partial charge in [-0.2, -0.15) is 0 Å². The van der Waals surface area contributed by atoms with Crippen LogP contribution in [0.15, 0.2) is 0 Å². The Hall–Kier alpha value is -1.10. The molecule has 2 aliphatic heterocycles. The number of carbonyl (C=O) groups excluding carboxylic acids is 2. The van der Waals surface area contributed by atoms with Crippen LogP contribution in [0.1, 0.15) is 33.1 Å². The lowest BCUT2D eigenvalue weighted by Gasteiger charge is -2.41. The van der Waals surface area contributed by atoms with Gasteiger partial charge in [-0.1, -0.05) is 13.8 Å². The first-order chi connectivity index (χ1) is 8.56. The number of amides is 2. The third-order valence-electron chi connectivity index (χ3n) is 3.84. The maximum absolute atomic E-state index is 12.0. The first-order valence-electron chi connectivity index (χ1n) is 6.87. The van der Waals surface area contributed by atoms with Crippen LogP contribution >= 0.6 is 0 Å². The number of hydrogen-bond donors (Lipinski definition) is 2. The van der Waals surface area contributed by atoms with Gasteiger partial charge in [0.15, 0.2) is 0 Å². The number of piperidine rings is 2. The summed E-state index contributed by atoms with van der Waals surface area (Å²) in [6.45, 7) is 6.05. The summed E-state index contributed by atoms with van der Waals surface area (Å²) in [5, 5.41) is 6.20. The van der Waals surface area contributed by atoms with Crippen LogP contribution in [0.5, 0.6) is 0 Å². The van der Waals surface area contributed by atoms with Gasteiger partial charge in [0.2, 0.25) is 11.8 Å². The van der Waals surface area contributed by atoms with Crippen molar-refractivity contribution in [2.45, 2.75) is 45.2 Å². The lowest BCUT2D eigenvalue weighted by molar-refractivity contribution is -0.134. The first kappa shape index (κ1) is 13.3. The number of nitrogens with zero attached hydrogens (tertiary/aromatic N) is 1. The van der Waals surface area contributed by atoms with Crippen LogP contribution in [-0.2, 0) is 9.59 Å². The quantitative estimate of drug-likeness (QED) is 0.750. The summed E-state index contributed by atoms with van der Waals surface area (Å²) in [4.78, 5) is 25.3. The van der Waals surface area contributed by atoms with Crippen LogP contribution in [0.25, 0.3) is 0 Å². The number of nitrogens with one attached hydrogen (secondary N) is 2. The zero-order chi connectivity index (χ0) is 13.1. The van der Waals surface area contributed by atoms with E-state index in [0.29, 0.717) is 24.9 Å². The predicted octanol–water partition coefficient (Wildman–Crippen LogP) is 0.112. The lowest BCUT2D eigenvalue weighted by Crippen LogP contribution is -2.56. The summed E-state index contributed by atoms with van der Waals surface area (Å²) >= 11 is 0. The van der Waals surface area contributed by atoms with Crippen LogP contribution in [0.2, 0.25) is 0 Å². The Morgan fingerprint density at radius 3 is 3.00 bits per heavy atom. The summed E-state index contributed by atoms with van der Waals surface area (Å²) < 4.78 is 0. The van der Waals surface area contributed by atoms with Crippen molar-refractivity contribution in [1.29, 1.82) is 0 Å². The fourth-order valence-electron chi connectivity index (χ4n) is 2.74. The lowest BCUT2D eigenvalue weighted by atomic mass is 9.85. The smallest absolute Gasteiger partial charge is 0.236 e. The molecule has 102 valence electrons. The second-order valence-corrected chi connectivity index (χ2v) is 5.64. The van der Waals surface area contributed by atoms with Gasteiger partial charge in [0.05, 0.1) is 6.54 Å². The fraction of sp³-hybridized carbons (Fsp3) is 0.846. The molecule has 0 bridgehead atoms. The predicted molar refractivity (Wildman–Crippen MR) is 69.0 cm³/mol. The molecule has 0 spiro atoms. The van der Waals surface area contributed by atoms with Gasteiger partial charge >= 0.3 is 0 Å². The number of carbonyl (C=O) groups is 2. The van der Waals surface area contributed by atoms with Gasteiger partial charge in [-0.15, -0.1) is 0 Å². The van der Waals surface area contributed by atoms with E-state index in [1.807, 2.05) is 18.7 Å². The standard InChI is InChI=1S/C13H23N3O2/c1-9(2)14-7-13(18)16-6-5-11-10(8-16)3-4-12(17)15-11/h9-11,14H,3-8H2,1-2H3,(H,15,17). The van der Waals surface area contributed by atoms with Crippen LogP contribution in [0.3, 0.4) is 0 Å². The molecule has 5 nitrogen and oxygen atoms in total. The second kappa shape index (κ2) is 5.69. The molecule has 2 atom stereocenters. The molecule has 5 heteroatoms. The Labute approximate surface area is 108 Å². The fourth-order valence-corrected chi connectivity index (χ4v) is 2.74. The molecular formula is C13H23N3O2.